The van der Waals surface area contributed by atoms with Gasteiger partial charge in [0, 0.05) is 12.6 Å². The van der Waals surface area contributed by atoms with Crippen molar-refractivity contribution in [1.29, 1.82) is 0 Å². The van der Waals surface area contributed by atoms with E-state index in [0.717, 1.165) is 18.4 Å². The Bertz CT molecular complexity index is 269. The van der Waals surface area contributed by atoms with Crippen LogP contribution in [0.1, 0.15) is 64.7 Å². The molecule has 2 unspecified atom stereocenters. The lowest BCUT2D eigenvalue weighted by molar-refractivity contribution is 0.272. The van der Waals surface area contributed by atoms with E-state index < -0.39 is 0 Å². The average Bonchev–Trinajstić information content (AvgIpc) is 2.82. The fourth-order valence-electron chi connectivity index (χ4n) is 3.51. The van der Waals surface area contributed by atoms with Crippen molar-refractivity contribution in [2.45, 2.75) is 70.8 Å². The van der Waals surface area contributed by atoms with E-state index in [9.17, 15) is 0 Å². The first-order valence-electron chi connectivity index (χ1n) is 7.80. The number of nitrogens with zero attached hydrogens (tertiary/aromatic N) is 1. The van der Waals surface area contributed by atoms with Crippen molar-refractivity contribution in [1.82, 2.24) is 5.32 Å². The summed E-state index contributed by atoms with van der Waals surface area (Å²) < 4.78 is 0. The van der Waals surface area contributed by atoms with Gasteiger partial charge >= 0.3 is 0 Å². The minimum absolute atomic E-state index is 0.587. The van der Waals surface area contributed by atoms with Gasteiger partial charge in [0.25, 0.3) is 0 Å². The van der Waals surface area contributed by atoms with Gasteiger partial charge in [-0.05, 0) is 37.5 Å². The lowest BCUT2D eigenvalue weighted by atomic mass is 9.81. The Hall–Kier alpha value is -0.730. The summed E-state index contributed by atoms with van der Waals surface area (Å²) in [7, 11) is 0. The van der Waals surface area contributed by atoms with Gasteiger partial charge in [0.15, 0.2) is 5.96 Å². The van der Waals surface area contributed by atoms with Crippen LogP contribution in [0.4, 0.5) is 0 Å². The Labute approximate surface area is 112 Å². The van der Waals surface area contributed by atoms with Crippen molar-refractivity contribution < 1.29 is 0 Å². The molecule has 3 heteroatoms. The van der Waals surface area contributed by atoms with E-state index in [-0.39, 0.29) is 0 Å². The molecule has 0 amide bonds. The molecule has 2 aliphatic rings. The monoisotopic (exact) mass is 251 g/mol. The molecule has 2 rings (SSSR count). The lowest BCUT2D eigenvalue weighted by Crippen LogP contribution is -2.38. The van der Waals surface area contributed by atoms with Crippen LogP contribution in [0.15, 0.2) is 4.99 Å². The maximum atomic E-state index is 5.94. The largest absolute Gasteiger partial charge is 0.370 e. The average molecular weight is 251 g/mol. The Balaban J connectivity index is 1.63. The number of hydrogen-bond acceptors (Lipinski definition) is 1. The minimum Gasteiger partial charge on any atom is -0.370 e. The maximum Gasteiger partial charge on any atom is 0.188 e. The Kier molecular flexibility index (Phi) is 5.33. The highest BCUT2D eigenvalue weighted by atomic mass is 15.1. The molecular weight excluding hydrogens is 222 g/mol. The number of rotatable bonds is 4. The fraction of sp³-hybridized carbons (Fsp3) is 0.933. The third-order valence-electron chi connectivity index (χ3n) is 4.57. The van der Waals surface area contributed by atoms with Crippen LogP contribution < -0.4 is 11.1 Å². The van der Waals surface area contributed by atoms with Gasteiger partial charge in [-0.3, -0.25) is 4.99 Å². The summed E-state index contributed by atoms with van der Waals surface area (Å²) in [4.78, 5) is 4.49. The van der Waals surface area contributed by atoms with Crippen molar-refractivity contribution in [3.63, 3.8) is 0 Å². The van der Waals surface area contributed by atoms with E-state index in [1.165, 1.54) is 57.8 Å². The van der Waals surface area contributed by atoms with Crippen molar-refractivity contribution in [3.05, 3.63) is 0 Å². The van der Waals surface area contributed by atoms with E-state index in [0.29, 0.717) is 12.0 Å². The van der Waals surface area contributed by atoms with E-state index in [2.05, 4.69) is 17.2 Å². The topological polar surface area (TPSA) is 50.4 Å². The SMILES string of the molecule is CC1CCCC(CCN=C(N)NC2CCCC2)C1. The molecule has 3 nitrogen and oxygen atoms in total. The molecule has 0 saturated heterocycles. The van der Waals surface area contributed by atoms with E-state index in [4.69, 9.17) is 5.73 Å². The predicted octanol–water partition coefficient (Wildman–Crippen LogP) is 3.05. The minimum atomic E-state index is 0.587. The van der Waals surface area contributed by atoms with Gasteiger partial charge in [-0.2, -0.15) is 0 Å². The van der Waals surface area contributed by atoms with Gasteiger partial charge in [-0.25, -0.2) is 0 Å². The zero-order chi connectivity index (χ0) is 12.8. The van der Waals surface area contributed by atoms with Gasteiger partial charge in [-0.1, -0.05) is 39.0 Å². The number of hydrogen-bond donors (Lipinski definition) is 2. The normalized spacial score (nSPS) is 30.6. The first-order valence-corrected chi connectivity index (χ1v) is 7.80. The third-order valence-corrected chi connectivity index (χ3v) is 4.57. The highest BCUT2D eigenvalue weighted by molar-refractivity contribution is 5.78. The second kappa shape index (κ2) is 7.01. The summed E-state index contributed by atoms with van der Waals surface area (Å²) in [5.41, 5.74) is 5.94. The van der Waals surface area contributed by atoms with Crippen molar-refractivity contribution in [3.8, 4) is 0 Å². The smallest absolute Gasteiger partial charge is 0.188 e. The number of nitrogens with one attached hydrogen (secondary N) is 1. The molecule has 3 N–H and O–H groups in total. The van der Waals surface area contributed by atoms with Crippen molar-refractivity contribution >= 4 is 5.96 Å². The summed E-state index contributed by atoms with van der Waals surface area (Å²) >= 11 is 0. The zero-order valence-corrected chi connectivity index (χ0v) is 11.8. The molecule has 18 heavy (non-hydrogen) atoms. The maximum absolute atomic E-state index is 5.94. The lowest BCUT2D eigenvalue weighted by Gasteiger charge is -2.26. The number of guanidine groups is 1. The molecule has 0 spiro atoms. The third kappa shape index (κ3) is 4.51. The first kappa shape index (κ1) is 13.7. The molecule has 2 fully saturated rings. The van der Waals surface area contributed by atoms with Crippen molar-refractivity contribution in [2.24, 2.45) is 22.6 Å². The Morgan fingerprint density at radius 2 is 1.94 bits per heavy atom. The summed E-state index contributed by atoms with van der Waals surface area (Å²) in [6.07, 6.45) is 12.0. The molecule has 0 heterocycles. The molecular formula is C15H29N3. The first-order chi connectivity index (χ1) is 8.74. The number of aliphatic imine (C=N–C) groups is 1. The van der Waals surface area contributed by atoms with Crippen LogP contribution in [-0.4, -0.2) is 18.5 Å². The van der Waals surface area contributed by atoms with Crippen LogP contribution in [0.5, 0.6) is 0 Å². The van der Waals surface area contributed by atoms with Crippen molar-refractivity contribution in [2.75, 3.05) is 6.54 Å². The molecule has 0 aliphatic heterocycles. The molecule has 0 aromatic rings. The van der Waals surface area contributed by atoms with Crippen LogP contribution in [0.25, 0.3) is 0 Å². The summed E-state index contributed by atoms with van der Waals surface area (Å²) in [5.74, 6) is 2.48. The second-order valence-electron chi connectivity index (χ2n) is 6.32. The molecule has 0 bridgehead atoms. The Morgan fingerprint density at radius 1 is 1.17 bits per heavy atom. The van der Waals surface area contributed by atoms with Gasteiger partial charge in [0.2, 0.25) is 0 Å². The summed E-state index contributed by atoms with van der Waals surface area (Å²) in [6.45, 7) is 3.29. The van der Waals surface area contributed by atoms with E-state index >= 15 is 0 Å². The van der Waals surface area contributed by atoms with Gasteiger partial charge in [0.1, 0.15) is 0 Å². The molecule has 0 aromatic carbocycles. The molecule has 2 aliphatic carbocycles. The summed E-state index contributed by atoms with van der Waals surface area (Å²) in [6, 6.07) is 0.587. The van der Waals surface area contributed by atoms with Gasteiger partial charge < -0.3 is 11.1 Å². The molecule has 2 atom stereocenters. The fourth-order valence-corrected chi connectivity index (χ4v) is 3.51. The van der Waals surface area contributed by atoms with Gasteiger partial charge in [-0.15, -0.1) is 0 Å². The quantitative estimate of drug-likeness (QED) is 0.596. The van der Waals surface area contributed by atoms with Crippen LogP contribution in [0.3, 0.4) is 0 Å². The second-order valence-corrected chi connectivity index (χ2v) is 6.32. The molecule has 104 valence electrons. The molecule has 2 saturated carbocycles. The highest BCUT2D eigenvalue weighted by Crippen LogP contribution is 2.30. The standard InChI is InChI=1S/C15H29N3/c1-12-5-4-6-13(11-12)9-10-17-15(16)18-14-7-2-3-8-14/h12-14H,2-11H2,1H3,(H3,16,17,18). The van der Waals surface area contributed by atoms with Crippen LogP contribution in [0.2, 0.25) is 0 Å². The number of nitrogens with two attached hydrogens (primary N) is 1. The zero-order valence-electron chi connectivity index (χ0n) is 11.8. The van der Waals surface area contributed by atoms with Crippen LogP contribution >= 0.6 is 0 Å². The van der Waals surface area contributed by atoms with Crippen LogP contribution in [-0.2, 0) is 0 Å². The van der Waals surface area contributed by atoms with E-state index in [1.54, 1.807) is 0 Å². The Morgan fingerprint density at radius 3 is 2.67 bits per heavy atom. The molecule has 0 aromatic heterocycles. The highest BCUT2D eigenvalue weighted by Gasteiger charge is 2.18. The summed E-state index contributed by atoms with van der Waals surface area (Å²) in [5, 5.41) is 3.35. The van der Waals surface area contributed by atoms with Crippen LogP contribution in [0, 0.1) is 11.8 Å². The van der Waals surface area contributed by atoms with Gasteiger partial charge in [0.05, 0.1) is 0 Å². The van der Waals surface area contributed by atoms with E-state index in [1.807, 2.05) is 0 Å². The molecule has 0 radical (unpaired) electrons. The predicted molar refractivity (Wildman–Crippen MR) is 77.6 cm³/mol.